The number of para-hydroxylation sites is 1. The van der Waals surface area contributed by atoms with Crippen molar-refractivity contribution in [1.29, 1.82) is 0 Å². The maximum absolute atomic E-state index is 12.0. The molecule has 1 aromatic heterocycles. The van der Waals surface area contributed by atoms with Gasteiger partial charge in [0.1, 0.15) is 0 Å². The molecule has 0 aliphatic carbocycles. The Morgan fingerprint density at radius 1 is 1.24 bits per heavy atom. The molecule has 2 aromatic rings. The first-order chi connectivity index (χ1) is 10.2. The molecule has 0 spiro atoms. The Morgan fingerprint density at radius 3 is 2.86 bits per heavy atom. The van der Waals surface area contributed by atoms with Crippen molar-refractivity contribution in [3.8, 4) is 0 Å². The van der Waals surface area contributed by atoms with Gasteiger partial charge in [0.25, 0.3) is 5.91 Å². The molecule has 21 heavy (non-hydrogen) atoms. The van der Waals surface area contributed by atoms with Gasteiger partial charge in [-0.05, 0) is 57.5 Å². The Balaban J connectivity index is 1.85. The Labute approximate surface area is 134 Å². The number of benzene rings is 1. The molecule has 1 aliphatic rings. The summed E-state index contributed by atoms with van der Waals surface area (Å²) in [6, 6.07) is 11.3. The first-order valence-corrected chi connectivity index (χ1v) is 7.77. The maximum Gasteiger partial charge on any atom is 0.264 e. The second-order valence-electron chi connectivity index (χ2n) is 4.22. The number of carbonyl (C=O) groups excluding carboxylic acids is 1. The number of rotatable bonds is 2. The number of hydrogen-bond acceptors (Lipinski definition) is 4. The molecule has 1 amide bonds. The van der Waals surface area contributed by atoms with E-state index in [0.29, 0.717) is 10.1 Å². The standard InChI is InChI=1S/C15H10BrN3OS/c16-11-5-1-2-6-12(11)18-15-19-14(20)13(21-15)8-10-4-3-7-17-9-10/h1-9H,(H,18,19,20)/b13-8+. The molecule has 1 fully saturated rings. The molecule has 0 atom stereocenters. The average Bonchev–Trinajstić information content (AvgIpc) is 2.82. The highest BCUT2D eigenvalue weighted by atomic mass is 79.9. The van der Waals surface area contributed by atoms with Crippen LogP contribution >= 0.6 is 27.7 Å². The Hall–Kier alpha value is -1.92. The zero-order valence-electron chi connectivity index (χ0n) is 10.8. The van der Waals surface area contributed by atoms with E-state index in [-0.39, 0.29) is 5.91 Å². The molecule has 1 saturated heterocycles. The second kappa shape index (κ2) is 6.24. The molecule has 1 aliphatic heterocycles. The summed E-state index contributed by atoms with van der Waals surface area (Å²) in [7, 11) is 0. The molecule has 104 valence electrons. The van der Waals surface area contributed by atoms with E-state index in [1.165, 1.54) is 11.8 Å². The van der Waals surface area contributed by atoms with Crippen LogP contribution in [0, 0.1) is 0 Å². The number of pyridine rings is 1. The molecular weight excluding hydrogens is 350 g/mol. The maximum atomic E-state index is 12.0. The summed E-state index contributed by atoms with van der Waals surface area (Å²) in [5.41, 5.74) is 1.67. The SMILES string of the molecule is O=C1NC(=Nc2ccccc2Br)S/C1=C/c1cccnc1. The number of halogens is 1. The smallest absolute Gasteiger partial charge is 0.264 e. The number of aromatic nitrogens is 1. The van der Waals surface area contributed by atoms with E-state index in [4.69, 9.17) is 0 Å². The fraction of sp³-hybridized carbons (Fsp3) is 0. The lowest BCUT2D eigenvalue weighted by atomic mass is 10.2. The minimum absolute atomic E-state index is 0.144. The summed E-state index contributed by atoms with van der Waals surface area (Å²) >= 11 is 4.75. The summed E-state index contributed by atoms with van der Waals surface area (Å²) in [6.07, 6.45) is 5.21. The molecular formula is C15H10BrN3OS. The first kappa shape index (κ1) is 14.0. The Kier molecular flexibility index (Phi) is 4.17. The van der Waals surface area contributed by atoms with Crippen molar-refractivity contribution >= 4 is 50.5 Å². The van der Waals surface area contributed by atoms with Crippen LogP contribution in [0.25, 0.3) is 6.08 Å². The van der Waals surface area contributed by atoms with E-state index < -0.39 is 0 Å². The summed E-state index contributed by atoms with van der Waals surface area (Å²) < 4.78 is 0.886. The van der Waals surface area contributed by atoms with Crippen LogP contribution in [0.4, 0.5) is 5.69 Å². The number of carbonyl (C=O) groups is 1. The number of hydrogen-bond donors (Lipinski definition) is 1. The van der Waals surface area contributed by atoms with Crippen LogP contribution in [0.2, 0.25) is 0 Å². The van der Waals surface area contributed by atoms with Crippen LogP contribution in [0.3, 0.4) is 0 Å². The van der Waals surface area contributed by atoms with Gasteiger partial charge in [-0.15, -0.1) is 0 Å². The lowest BCUT2D eigenvalue weighted by Crippen LogP contribution is -2.19. The summed E-state index contributed by atoms with van der Waals surface area (Å²) in [6.45, 7) is 0. The molecule has 1 N–H and O–H groups in total. The minimum atomic E-state index is -0.144. The van der Waals surface area contributed by atoms with Gasteiger partial charge in [-0.25, -0.2) is 4.99 Å². The predicted molar refractivity (Wildman–Crippen MR) is 89.2 cm³/mol. The molecule has 2 heterocycles. The van der Waals surface area contributed by atoms with Gasteiger partial charge in [-0.2, -0.15) is 0 Å². The van der Waals surface area contributed by atoms with Crippen LogP contribution in [-0.4, -0.2) is 16.1 Å². The molecule has 0 radical (unpaired) electrons. The van der Waals surface area contributed by atoms with E-state index >= 15 is 0 Å². The highest BCUT2D eigenvalue weighted by Crippen LogP contribution is 2.30. The summed E-state index contributed by atoms with van der Waals surface area (Å²) in [4.78, 5) is 21.0. The van der Waals surface area contributed by atoms with Crippen molar-refractivity contribution < 1.29 is 4.79 Å². The van der Waals surface area contributed by atoms with Crippen molar-refractivity contribution in [2.24, 2.45) is 4.99 Å². The predicted octanol–water partition coefficient (Wildman–Crippen LogP) is 3.74. The quantitative estimate of drug-likeness (QED) is 0.831. The van der Waals surface area contributed by atoms with Gasteiger partial charge >= 0.3 is 0 Å². The largest absolute Gasteiger partial charge is 0.300 e. The Morgan fingerprint density at radius 2 is 2.10 bits per heavy atom. The van der Waals surface area contributed by atoms with E-state index in [0.717, 1.165) is 15.7 Å². The molecule has 0 unspecified atom stereocenters. The molecule has 4 nitrogen and oxygen atoms in total. The van der Waals surface area contributed by atoms with Crippen LogP contribution < -0.4 is 5.32 Å². The first-order valence-electron chi connectivity index (χ1n) is 6.16. The van der Waals surface area contributed by atoms with Crippen LogP contribution in [0.5, 0.6) is 0 Å². The lowest BCUT2D eigenvalue weighted by molar-refractivity contribution is -0.115. The number of amides is 1. The highest BCUT2D eigenvalue weighted by Gasteiger charge is 2.23. The van der Waals surface area contributed by atoms with E-state index in [1.54, 1.807) is 18.5 Å². The van der Waals surface area contributed by atoms with Crippen molar-refractivity contribution in [2.75, 3.05) is 0 Å². The number of aliphatic imine (C=N–C) groups is 1. The van der Waals surface area contributed by atoms with Crippen molar-refractivity contribution in [2.45, 2.75) is 0 Å². The van der Waals surface area contributed by atoms with Crippen molar-refractivity contribution in [1.82, 2.24) is 10.3 Å². The van der Waals surface area contributed by atoms with Gasteiger partial charge in [0.2, 0.25) is 0 Å². The van der Waals surface area contributed by atoms with E-state index in [2.05, 4.69) is 31.2 Å². The lowest BCUT2D eigenvalue weighted by Gasteiger charge is -1.98. The van der Waals surface area contributed by atoms with Crippen LogP contribution in [0.15, 0.2) is 63.2 Å². The summed E-state index contributed by atoms with van der Waals surface area (Å²) in [5.74, 6) is -0.144. The van der Waals surface area contributed by atoms with Crippen molar-refractivity contribution in [3.63, 3.8) is 0 Å². The van der Waals surface area contributed by atoms with Crippen molar-refractivity contribution in [3.05, 3.63) is 63.7 Å². The van der Waals surface area contributed by atoms with Gasteiger partial charge < -0.3 is 5.32 Å². The zero-order chi connectivity index (χ0) is 14.7. The van der Waals surface area contributed by atoms with Gasteiger partial charge in [0, 0.05) is 16.9 Å². The fourth-order valence-corrected chi connectivity index (χ4v) is 2.95. The van der Waals surface area contributed by atoms with Gasteiger partial charge in [-0.3, -0.25) is 9.78 Å². The number of nitrogens with zero attached hydrogens (tertiary/aromatic N) is 2. The van der Waals surface area contributed by atoms with Crippen LogP contribution in [0.1, 0.15) is 5.56 Å². The highest BCUT2D eigenvalue weighted by molar-refractivity contribution is 9.10. The normalized spacial score (nSPS) is 18.2. The topological polar surface area (TPSA) is 54.4 Å². The number of thioether (sulfide) groups is 1. The Bertz CT molecular complexity index is 744. The van der Waals surface area contributed by atoms with Gasteiger partial charge in [0.15, 0.2) is 5.17 Å². The third-order valence-corrected chi connectivity index (χ3v) is 4.29. The average molecular weight is 360 g/mol. The fourth-order valence-electron chi connectivity index (χ4n) is 1.75. The number of nitrogens with one attached hydrogen (secondary N) is 1. The molecule has 3 rings (SSSR count). The van der Waals surface area contributed by atoms with Crippen LogP contribution in [-0.2, 0) is 4.79 Å². The zero-order valence-corrected chi connectivity index (χ0v) is 13.2. The monoisotopic (exact) mass is 359 g/mol. The molecule has 0 bridgehead atoms. The van der Waals surface area contributed by atoms with E-state index in [1.807, 2.05) is 36.4 Å². The minimum Gasteiger partial charge on any atom is -0.300 e. The molecule has 0 saturated carbocycles. The molecule has 1 aromatic carbocycles. The second-order valence-corrected chi connectivity index (χ2v) is 6.10. The third-order valence-electron chi connectivity index (χ3n) is 2.71. The number of amidine groups is 1. The molecule has 6 heteroatoms. The third kappa shape index (κ3) is 3.40. The van der Waals surface area contributed by atoms with E-state index in [9.17, 15) is 4.79 Å². The van der Waals surface area contributed by atoms with Gasteiger partial charge in [0.05, 0.1) is 10.6 Å². The summed E-state index contributed by atoms with van der Waals surface area (Å²) in [5, 5.41) is 3.34. The van der Waals surface area contributed by atoms with Gasteiger partial charge in [-0.1, -0.05) is 18.2 Å².